The molecule has 4 aromatic rings. The summed E-state index contributed by atoms with van der Waals surface area (Å²) in [7, 11) is 4.07. The van der Waals surface area contributed by atoms with Gasteiger partial charge in [-0.15, -0.1) is 0 Å². The first-order valence-electron chi connectivity index (χ1n) is 9.45. The molecule has 0 fully saturated rings. The van der Waals surface area contributed by atoms with Crippen molar-refractivity contribution in [1.29, 1.82) is 0 Å². The highest BCUT2D eigenvalue weighted by molar-refractivity contribution is 5.98. The van der Waals surface area contributed by atoms with E-state index >= 15 is 0 Å². The average Bonchev–Trinajstić information content (AvgIpc) is 3.10. The Balaban J connectivity index is 1.81. The number of nitrogens with zero attached hydrogens (tertiary/aromatic N) is 4. The summed E-state index contributed by atoms with van der Waals surface area (Å²) in [5.41, 5.74) is 1.74. The van der Waals surface area contributed by atoms with Crippen LogP contribution in [-0.4, -0.2) is 52.0 Å². The summed E-state index contributed by atoms with van der Waals surface area (Å²) < 4.78 is 0. The quantitative estimate of drug-likeness (QED) is 0.280. The minimum Gasteiger partial charge on any atom is -0.369 e. The fourth-order valence-electron chi connectivity index (χ4n) is 3.40. The molecule has 0 spiro atoms. The van der Waals surface area contributed by atoms with E-state index < -0.39 is 0 Å². The van der Waals surface area contributed by atoms with Crippen molar-refractivity contribution in [2.75, 3.05) is 32.5 Å². The molecule has 0 aliphatic rings. The maximum Gasteiger partial charge on any atom is 0.305 e. The summed E-state index contributed by atoms with van der Waals surface area (Å²) in [6.45, 7) is 1.70. The number of nitro groups is 1. The van der Waals surface area contributed by atoms with E-state index in [4.69, 9.17) is 0 Å². The van der Waals surface area contributed by atoms with Gasteiger partial charge in [-0.05, 0) is 51.3 Å². The summed E-state index contributed by atoms with van der Waals surface area (Å²) in [6, 6.07) is 14.8. The molecule has 0 unspecified atom stereocenters. The predicted molar refractivity (Wildman–Crippen MR) is 115 cm³/mol. The number of fused-ring (bicyclic) bond motifs is 2. The van der Waals surface area contributed by atoms with Crippen molar-refractivity contribution >= 4 is 33.3 Å². The van der Waals surface area contributed by atoms with Gasteiger partial charge in [0, 0.05) is 11.9 Å². The van der Waals surface area contributed by atoms with Crippen LogP contribution in [0, 0.1) is 10.1 Å². The van der Waals surface area contributed by atoms with Crippen molar-refractivity contribution in [2.24, 2.45) is 0 Å². The first-order chi connectivity index (χ1) is 14.0. The lowest BCUT2D eigenvalue weighted by molar-refractivity contribution is -0.382. The number of H-pyrrole nitrogens is 1. The second-order valence-electron chi connectivity index (χ2n) is 7.15. The van der Waals surface area contributed by atoms with Crippen molar-refractivity contribution in [1.82, 2.24) is 19.9 Å². The standard InChI is InChI=1S/C21H22N6O2/c1-26(2)13-7-12-22-20-15-9-4-6-11-17(15)24-21(25-20)18-19(27(28)29)14-8-3-5-10-16(14)23-18/h3-6,8-11,23H,7,12-13H2,1-2H3,(H,22,24,25). The van der Waals surface area contributed by atoms with Gasteiger partial charge in [-0.2, -0.15) is 0 Å². The van der Waals surface area contributed by atoms with Gasteiger partial charge in [0.25, 0.3) is 0 Å². The van der Waals surface area contributed by atoms with E-state index in [0.29, 0.717) is 28.2 Å². The van der Waals surface area contributed by atoms with Crippen molar-refractivity contribution in [2.45, 2.75) is 6.42 Å². The van der Waals surface area contributed by atoms with Crippen molar-refractivity contribution in [3.63, 3.8) is 0 Å². The highest BCUT2D eigenvalue weighted by atomic mass is 16.6. The molecule has 0 saturated carbocycles. The summed E-state index contributed by atoms with van der Waals surface area (Å²) >= 11 is 0. The molecule has 0 bridgehead atoms. The Labute approximate surface area is 167 Å². The Morgan fingerprint density at radius 3 is 2.55 bits per heavy atom. The predicted octanol–water partition coefficient (Wildman–Crippen LogP) is 4.05. The Bertz CT molecular complexity index is 1180. The zero-order valence-electron chi connectivity index (χ0n) is 16.3. The highest BCUT2D eigenvalue weighted by Gasteiger charge is 2.25. The van der Waals surface area contributed by atoms with Crippen LogP contribution in [0.4, 0.5) is 11.5 Å². The number of hydrogen-bond acceptors (Lipinski definition) is 6. The van der Waals surface area contributed by atoms with Crippen LogP contribution in [0.1, 0.15) is 6.42 Å². The molecule has 29 heavy (non-hydrogen) atoms. The van der Waals surface area contributed by atoms with Gasteiger partial charge in [-0.25, -0.2) is 9.97 Å². The average molecular weight is 390 g/mol. The molecule has 0 saturated heterocycles. The first kappa shape index (κ1) is 18.8. The molecular formula is C21H22N6O2. The number of anilines is 1. The molecule has 0 atom stereocenters. The zero-order chi connectivity index (χ0) is 20.4. The van der Waals surface area contributed by atoms with Crippen LogP contribution in [-0.2, 0) is 0 Å². The molecule has 2 heterocycles. The van der Waals surface area contributed by atoms with Gasteiger partial charge >= 0.3 is 5.69 Å². The van der Waals surface area contributed by atoms with Crippen LogP contribution < -0.4 is 5.32 Å². The third kappa shape index (κ3) is 3.74. The SMILES string of the molecule is CN(C)CCCNc1nc(-c2[nH]c3ccccc3c2[N+](=O)[O-])nc2ccccc12. The second-order valence-corrected chi connectivity index (χ2v) is 7.15. The maximum atomic E-state index is 11.8. The van der Waals surface area contributed by atoms with Crippen molar-refractivity contribution in [3.8, 4) is 11.5 Å². The molecule has 4 rings (SSSR count). The van der Waals surface area contributed by atoms with E-state index in [1.807, 2.05) is 50.5 Å². The van der Waals surface area contributed by atoms with Gasteiger partial charge in [0.1, 0.15) is 5.82 Å². The topological polar surface area (TPSA) is 100.0 Å². The van der Waals surface area contributed by atoms with Crippen LogP contribution in [0.25, 0.3) is 33.3 Å². The number of rotatable bonds is 7. The van der Waals surface area contributed by atoms with E-state index in [9.17, 15) is 10.1 Å². The number of hydrogen-bond donors (Lipinski definition) is 2. The normalized spacial score (nSPS) is 11.4. The van der Waals surface area contributed by atoms with E-state index in [-0.39, 0.29) is 10.6 Å². The van der Waals surface area contributed by atoms with E-state index in [2.05, 4.69) is 25.2 Å². The van der Waals surface area contributed by atoms with Gasteiger partial charge in [0.15, 0.2) is 11.5 Å². The van der Waals surface area contributed by atoms with Gasteiger partial charge in [-0.3, -0.25) is 10.1 Å². The van der Waals surface area contributed by atoms with Gasteiger partial charge in [0.2, 0.25) is 0 Å². The molecule has 0 aliphatic heterocycles. The lowest BCUT2D eigenvalue weighted by atomic mass is 10.2. The Hall–Kier alpha value is -3.52. The van der Waals surface area contributed by atoms with Crippen LogP contribution >= 0.6 is 0 Å². The molecule has 2 aromatic carbocycles. The van der Waals surface area contributed by atoms with Crippen molar-refractivity contribution < 1.29 is 4.92 Å². The van der Waals surface area contributed by atoms with Crippen molar-refractivity contribution in [3.05, 3.63) is 58.6 Å². The number of aromatic amines is 1. The summed E-state index contributed by atoms with van der Waals surface area (Å²) in [6.07, 6.45) is 0.952. The largest absolute Gasteiger partial charge is 0.369 e. The minimum absolute atomic E-state index is 0.00515. The van der Waals surface area contributed by atoms with Crippen LogP contribution in [0.15, 0.2) is 48.5 Å². The summed E-state index contributed by atoms with van der Waals surface area (Å²) in [4.78, 5) is 25.9. The minimum atomic E-state index is -0.378. The monoisotopic (exact) mass is 390 g/mol. The lowest BCUT2D eigenvalue weighted by Gasteiger charge is -2.12. The number of benzene rings is 2. The third-order valence-corrected chi connectivity index (χ3v) is 4.76. The molecule has 2 N–H and O–H groups in total. The summed E-state index contributed by atoms with van der Waals surface area (Å²) in [5, 5.41) is 16.6. The smallest absolute Gasteiger partial charge is 0.305 e. The molecule has 148 valence electrons. The highest BCUT2D eigenvalue weighted by Crippen LogP contribution is 2.36. The van der Waals surface area contributed by atoms with Gasteiger partial charge in [0.05, 0.1) is 21.3 Å². The molecule has 0 aliphatic carbocycles. The maximum absolute atomic E-state index is 11.8. The van der Waals surface area contributed by atoms with E-state index in [0.717, 1.165) is 30.4 Å². The number of para-hydroxylation sites is 2. The second kappa shape index (κ2) is 7.84. The Kier molecular flexibility index (Phi) is 5.09. The molecule has 8 nitrogen and oxygen atoms in total. The molecule has 0 amide bonds. The van der Waals surface area contributed by atoms with Gasteiger partial charge < -0.3 is 15.2 Å². The van der Waals surface area contributed by atoms with Crippen LogP contribution in [0.3, 0.4) is 0 Å². The summed E-state index contributed by atoms with van der Waals surface area (Å²) in [5.74, 6) is 0.985. The number of aromatic nitrogens is 3. The number of nitrogens with one attached hydrogen (secondary N) is 2. The third-order valence-electron chi connectivity index (χ3n) is 4.76. The van der Waals surface area contributed by atoms with Gasteiger partial charge in [-0.1, -0.05) is 24.3 Å². The fraction of sp³-hybridized carbons (Fsp3) is 0.238. The lowest BCUT2D eigenvalue weighted by Crippen LogP contribution is -2.17. The van der Waals surface area contributed by atoms with E-state index in [1.165, 1.54) is 0 Å². The molecule has 2 aromatic heterocycles. The first-order valence-corrected chi connectivity index (χ1v) is 9.45. The van der Waals surface area contributed by atoms with Crippen LogP contribution in [0.5, 0.6) is 0 Å². The molecular weight excluding hydrogens is 368 g/mol. The molecule has 0 radical (unpaired) electrons. The Morgan fingerprint density at radius 2 is 1.79 bits per heavy atom. The zero-order valence-corrected chi connectivity index (χ0v) is 16.3. The molecule has 8 heteroatoms. The van der Waals surface area contributed by atoms with E-state index in [1.54, 1.807) is 12.1 Å². The Morgan fingerprint density at radius 1 is 1.07 bits per heavy atom. The fourth-order valence-corrected chi connectivity index (χ4v) is 3.40. The van der Waals surface area contributed by atoms with Crippen LogP contribution in [0.2, 0.25) is 0 Å².